The fourth-order valence-corrected chi connectivity index (χ4v) is 3.28. The van der Waals surface area contributed by atoms with Crippen molar-refractivity contribution in [2.45, 2.75) is 13.8 Å². The second-order valence-electron chi connectivity index (χ2n) is 6.98. The lowest BCUT2D eigenvalue weighted by Gasteiger charge is -2.36. The molecule has 0 aliphatic carbocycles. The zero-order valence-corrected chi connectivity index (χ0v) is 16.5. The van der Waals surface area contributed by atoms with Gasteiger partial charge >= 0.3 is 5.97 Å². The first-order chi connectivity index (χ1) is 13.9. The largest absolute Gasteiger partial charge is 0.452 e. The van der Waals surface area contributed by atoms with Crippen LogP contribution in [-0.2, 0) is 9.53 Å². The van der Waals surface area contributed by atoms with Gasteiger partial charge in [-0.15, -0.1) is 0 Å². The van der Waals surface area contributed by atoms with Crippen molar-refractivity contribution in [3.8, 4) is 0 Å². The lowest BCUT2D eigenvalue weighted by molar-refractivity contribution is -0.134. The van der Waals surface area contributed by atoms with Gasteiger partial charge in [0, 0.05) is 31.7 Å². The lowest BCUT2D eigenvalue weighted by atomic mass is 10.1. The fraction of sp³-hybridized carbons (Fsp3) is 0.318. The van der Waals surface area contributed by atoms with Gasteiger partial charge in [0.1, 0.15) is 5.82 Å². The van der Waals surface area contributed by atoms with Crippen molar-refractivity contribution in [3.05, 3.63) is 65.0 Å². The van der Waals surface area contributed by atoms with Crippen LogP contribution < -0.4 is 4.90 Å². The van der Waals surface area contributed by atoms with E-state index in [4.69, 9.17) is 4.74 Å². The van der Waals surface area contributed by atoms with Crippen molar-refractivity contribution in [1.82, 2.24) is 4.90 Å². The number of carbonyl (C=O) groups excluding carboxylic acids is 3. The second kappa shape index (κ2) is 8.86. The molecule has 1 saturated heterocycles. The van der Waals surface area contributed by atoms with E-state index in [1.54, 1.807) is 42.2 Å². The van der Waals surface area contributed by atoms with Crippen molar-refractivity contribution in [2.75, 3.05) is 37.7 Å². The highest BCUT2D eigenvalue weighted by Crippen LogP contribution is 2.22. The average molecular weight is 398 g/mol. The smallest absolute Gasteiger partial charge is 0.338 e. The summed E-state index contributed by atoms with van der Waals surface area (Å²) in [6.45, 7) is 4.57. The van der Waals surface area contributed by atoms with E-state index in [1.807, 2.05) is 11.0 Å². The van der Waals surface area contributed by atoms with E-state index in [2.05, 4.69) is 0 Å². The van der Waals surface area contributed by atoms with Gasteiger partial charge in [-0.3, -0.25) is 9.59 Å². The molecule has 0 unspecified atom stereocenters. The molecular weight excluding hydrogens is 375 g/mol. The molecule has 0 bridgehead atoms. The third-order valence-electron chi connectivity index (χ3n) is 5.02. The molecule has 2 aromatic carbocycles. The topological polar surface area (TPSA) is 66.9 Å². The van der Waals surface area contributed by atoms with Crippen molar-refractivity contribution in [1.29, 1.82) is 0 Å². The number of anilines is 1. The van der Waals surface area contributed by atoms with Gasteiger partial charge in [0.05, 0.1) is 11.3 Å². The number of ether oxygens (including phenoxy) is 1. The number of piperazine rings is 1. The number of ketones is 1. The summed E-state index contributed by atoms with van der Waals surface area (Å²) in [5.74, 6) is -1.45. The Morgan fingerprint density at radius 3 is 2.34 bits per heavy atom. The number of carbonyl (C=O) groups is 3. The van der Waals surface area contributed by atoms with Gasteiger partial charge in [-0.2, -0.15) is 0 Å². The molecule has 0 aromatic heterocycles. The van der Waals surface area contributed by atoms with Crippen molar-refractivity contribution >= 4 is 23.3 Å². The van der Waals surface area contributed by atoms with Gasteiger partial charge < -0.3 is 14.5 Å². The zero-order chi connectivity index (χ0) is 21.0. The first kappa shape index (κ1) is 20.5. The van der Waals surface area contributed by atoms with E-state index in [-0.39, 0.29) is 18.3 Å². The summed E-state index contributed by atoms with van der Waals surface area (Å²) in [6, 6.07) is 11.5. The highest BCUT2D eigenvalue weighted by Gasteiger charge is 2.24. The van der Waals surface area contributed by atoms with Gasteiger partial charge in [0.2, 0.25) is 0 Å². The van der Waals surface area contributed by atoms with E-state index in [1.165, 1.54) is 13.0 Å². The number of hydrogen-bond acceptors (Lipinski definition) is 5. The molecule has 0 N–H and O–H groups in total. The van der Waals surface area contributed by atoms with Crippen LogP contribution in [0.1, 0.15) is 33.2 Å². The molecule has 0 spiro atoms. The van der Waals surface area contributed by atoms with Crippen LogP contribution in [0.4, 0.5) is 10.1 Å². The van der Waals surface area contributed by atoms with Gasteiger partial charge in [-0.25, -0.2) is 9.18 Å². The SMILES string of the molecule is CC(=O)c1ccc(N2CCN(C(=O)COC(=O)c3ccccc3C)CC2)c(F)c1. The Balaban J connectivity index is 1.53. The molecule has 6 nitrogen and oxygen atoms in total. The minimum absolute atomic E-state index is 0.189. The summed E-state index contributed by atoms with van der Waals surface area (Å²) in [5, 5.41) is 0. The zero-order valence-electron chi connectivity index (χ0n) is 16.5. The van der Waals surface area contributed by atoms with Crippen LogP contribution >= 0.6 is 0 Å². The Morgan fingerprint density at radius 2 is 1.72 bits per heavy atom. The molecule has 29 heavy (non-hydrogen) atoms. The van der Waals surface area contributed by atoms with Crippen LogP contribution in [0.25, 0.3) is 0 Å². The summed E-state index contributed by atoms with van der Waals surface area (Å²) in [4.78, 5) is 39.3. The highest BCUT2D eigenvalue weighted by atomic mass is 19.1. The highest BCUT2D eigenvalue weighted by molar-refractivity contribution is 5.94. The molecule has 0 radical (unpaired) electrons. The number of Topliss-reactive ketones (excluding diaryl/α,β-unsaturated/α-hetero) is 1. The molecule has 3 rings (SSSR count). The summed E-state index contributed by atoms with van der Waals surface area (Å²) >= 11 is 0. The number of esters is 1. The summed E-state index contributed by atoms with van der Waals surface area (Å²) in [5.41, 5.74) is 1.97. The molecule has 1 heterocycles. The van der Waals surface area contributed by atoms with Crippen molar-refractivity contribution < 1.29 is 23.5 Å². The van der Waals surface area contributed by atoms with E-state index in [0.29, 0.717) is 43.0 Å². The van der Waals surface area contributed by atoms with Crippen LogP contribution in [0, 0.1) is 12.7 Å². The summed E-state index contributed by atoms with van der Waals surface area (Å²) in [7, 11) is 0. The Labute approximate surface area is 168 Å². The maximum absolute atomic E-state index is 14.3. The van der Waals surface area contributed by atoms with E-state index >= 15 is 0 Å². The molecule has 1 aliphatic rings. The number of nitrogens with zero attached hydrogens (tertiary/aromatic N) is 2. The Bertz CT molecular complexity index is 936. The first-order valence-electron chi connectivity index (χ1n) is 9.43. The van der Waals surface area contributed by atoms with E-state index in [9.17, 15) is 18.8 Å². The van der Waals surface area contributed by atoms with E-state index in [0.717, 1.165) is 5.56 Å². The minimum Gasteiger partial charge on any atom is -0.452 e. The second-order valence-corrected chi connectivity index (χ2v) is 6.98. The predicted molar refractivity (Wildman–Crippen MR) is 107 cm³/mol. The van der Waals surface area contributed by atoms with Gasteiger partial charge in [0.15, 0.2) is 12.4 Å². The third-order valence-corrected chi connectivity index (χ3v) is 5.02. The fourth-order valence-electron chi connectivity index (χ4n) is 3.28. The standard InChI is InChI=1S/C22H23FN2O4/c1-15-5-3-4-6-18(15)22(28)29-14-21(27)25-11-9-24(10-12-25)20-8-7-17(16(2)26)13-19(20)23/h3-8,13H,9-12,14H2,1-2H3. The number of amides is 1. The molecule has 1 aliphatic heterocycles. The Hall–Kier alpha value is -3.22. The number of hydrogen-bond donors (Lipinski definition) is 0. The predicted octanol–water partition coefficient (Wildman–Crippen LogP) is 2.84. The van der Waals surface area contributed by atoms with Crippen molar-refractivity contribution in [3.63, 3.8) is 0 Å². The minimum atomic E-state index is -0.525. The molecule has 2 aromatic rings. The normalized spacial score (nSPS) is 13.9. The number of halogens is 1. The third kappa shape index (κ3) is 4.80. The lowest BCUT2D eigenvalue weighted by Crippen LogP contribution is -2.50. The molecule has 152 valence electrons. The van der Waals surface area contributed by atoms with Crippen LogP contribution in [-0.4, -0.2) is 55.3 Å². The van der Waals surface area contributed by atoms with Gasteiger partial charge in [-0.05, 0) is 43.7 Å². The maximum atomic E-state index is 14.3. The molecule has 0 atom stereocenters. The number of benzene rings is 2. The number of rotatable bonds is 5. The maximum Gasteiger partial charge on any atom is 0.338 e. The molecule has 7 heteroatoms. The summed E-state index contributed by atoms with van der Waals surface area (Å²) < 4.78 is 19.5. The molecule has 1 amide bonds. The van der Waals surface area contributed by atoms with Gasteiger partial charge in [-0.1, -0.05) is 18.2 Å². The van der Waals surface area contributed by atoms with Crippen molar-refractivity contribution in [2.24, 2.45) is 0 Å². The Kier molecular flexibility index (Phi) is 6.26. The van der Waals surface area contributed by atoms with Crippen LogP contribution in [0.5, 0.6) is 0 Å². The molecule has 1 fully saturated rings. The average Bonchev–Trinajstić information content (AvgIpc) is 2.72. The first-order valence-corrected chi connectivity index (χ1v) is 9.43. The molecular formula is C22H23FN2O4. The quantitative estimate of drug-likeness (QED) is 0.572. The van der Waals surface area contributed by atoms with E-state index < -0.39 is 11.8 Å². The Morgan fingerprint density at radius 1 is 1.03 bits per heavy atom. The monoisotopic (exact) mass is 398 g/mol. The number of aryl methyl sites for hydroxylation is 1. The summed E-state index contributed by atoms with van der Waals surface area (Å²) in [6.07, 6.45) is 0. The van der Waals surface area contributed by atoms with Gasteiger partial charge in [0.25, 0.3) is 5.91 Å². The van der Waals surface area contributed by atoms with Crippen LogP contribution in [0.3, 0.4) is 0 Å². The molecule has 0 saturated carbocycles. The van der Waals surface area contributed by atoms with Crippen LogP contribution in [0.15, 0.2) is 42.5 Å². The van der Waals surface area contributed by atoms with Crippen LogP contribution in [0.2, 0.25) is 0 Å².